The SMILES string of the molecule is C=C(O)c1ccccc1-c1ccc2nc(CCc3ccc(S(C)(=O)=O)cc3)[nH]c2c1. The van der Waals surface area contributed by atoms with E-state index in [0.717, 1.165) is 40.0 Å². The summed E-state index contributed by atoms with van der Waals surface area (Å²) in [7, 11) is -3.18. The normalized spacial score (nSPS) is 11.6. The Morgan fingerprint density at radius 2 is 1.77 bits per heavy atom. The molecule has 1 aromatic heterocycles. The number of aliphatic hydroxyl groups is 1. The van der Waals surface area contributed by atoms with Gasteiger partial charge in [-0.15, -0.1) is 0 Å². The van der Waals surface area contributed by atoms with Crippen LogP contribution in [0.15, 0.2) is 78.2 Å². The minimum absolute atomic E-state index is 0.0397. The van der Waals surface area contributed by atoms with Crippen LogP contribution in [0, 0.1) is 0 Å². The molecule has 2 N–H and O–H groups in total. The number of fused-ring (bicyclic) bond motifs is 1. The van der Waals surface area contributed by atoms with Gasteiger partial charge in [-0.25, -0.2) is 13.4 Å². The molecule has 0 aliphatic rings. The molecule has 6 heteroatoms. The molecule has 0 amide bonds. The van der Waals surface area contributed by atoms with Gasteiger partial charge in [0.1, 0.15) is 11.6 Å². The van der Waals surface area contributed by atoms with E-state index in [4.69, 9.17) is 0 Å². The topological polar surface area (TPSA) is 83.1 Å². The third kappa shape index (κ3) is 4.14. The number of hydrogen-bond donors (Lipinski definition) is 2. The number of benzene rings is 3. The van der Waals surface area contributed by atoms with Crippen LogP contribution in [0.3, 0.4) is 0 Å². The first-order valence-corrected chi connectivity index (χ1v) is 11.5. The van der Waals surface area contributed by atoms with Gasteiger partial charge in [-0.2, -0.15) is 0 Å². The van der Waals surface area contributed by atoms with Crippen LogP contribution in [0.2, 0.25) is 0 Å². The summed E-state index contributed by atoms with van der Waals surface area (Å²) in [5.41, 5.74) is 5.44. The number of aromatic amines is 1. The zero-order valence-electron chi connectivity index (χ0n) is 16.6. The molecular formula is C24H22N2O3S. The standard InChI is InChI=1S/C24H22N2O3S/c1-16(27)20-5-3-4-6-21(20)18-10-13-22-23(15-18)26-24(25-22)14-9-17-7-11-19(12-8-17)30(2,28)29/h3-8,10-13,15,27H,1,9,14H2,2H3,(H,25,26). The second kappa shape index (κ2) is 7.80. The third-order valence-electron chi connectivity index (χ3n) is 5.08. The van der Waals surface area contributed by atoms with Crippen LogP contribution >= 0.6 is 0 Å². The first kappa shape index (κ1) is 19.9. The molecule has 0 bridgehead atoms. The molecule has 0 saturated heterocycles. The van der Waals surface area contributed by atoms with Crippen LogP contribution in [0.5, 0.6) is 0 Å². The smallest absolute Gasteiger partial charge is 0.175 e. The number of hydrogen-bond acceptors (Lipinski definition) is 4. The fraction of sp³-hybridized carbons (Fsp3) is 0.125. The van der Waals surface area contributed by atoms with Crippen molar-refractivity contribution in [2.75, 3.05) is 6.26 Å². The predicted molar refractivity (Wildman–Crippen MR) is 120 cm³/mol. The van der Waals surface area contributed by atoms with Gasteiger partial charge in [0, 0.05) is 18.2 Å². The van der Waals surface area contributed by atoms with Crippen molar-refractivity contribution in [1.29, 1.82) is 0 Å². The van der Waals surface area contributed by atoms with Crippen molar-refractivity contribution in [2.24, 2.45) is 0 Å². The maximum atomic E-state index is 11.6. The van der Waals surface area contributed by atoms with Crippen molar-refractivity contribution < 1.29 is 13.5 Å². The lowest BCUT2D eigenvalue weighted by atomic mass is 9.98. The number of imidazole rings is 1. The quantitative estimate of drug-likeness (QED) is 0.434. The van der Waals surface area contributed by atoms with Gasteiger partial charge < -0.3 is 10.1 Å². The highest BCUT2D eigenvalue weighted by Crippen LogP contribution is 2.29. The molecule has 30 heavy (non-hydrogen) atoms. The second-order valence-electron chi connectivity index (χ2n) is 7.32. The van der Waals surface area contributed by atoms with Crippen molar-refractivity contribution >= 4 is 26.6 Å². The van der Waals surface area contributed by atoms with E-state index in [-0.39, 0.29) is 5.76 Å². The molecule has 1 heterocycles. The number of nitrogens with zero attached hydrogens (tertiary/aromatic N) is 1. The number of nitrogens with one attached hydrogen (secondary N) is 1. The summed E-state index contributed by atoms with van der Waals surface area (Å²) >= 11 is 0. The molecule has 0 aliphatic carbocycles. The minimum atomic E-state index is -3.18. The van der Waals surface area contributed by atoms with Gasteiger partial charge >= 0.3 is 0 Å². The Labute approximate surface area is 175 Å². The average molecular weight is 419 g/mol. The molecule has 152 valence electrons. The van der Waals surface area contributed by atoms with Crippen molar-refractivity contribution in [3.8, 4) is 11.1 Å². The van der Waals surface area contributed by atoms with E-state index in [9.17, 15) is 13.5 Å². The largest absolute Gasteiger partial charge is 0.508 e. The van der Waals surface area contributed by atoms with Crippen LogP contribution in [-0.4, -0.2) is 29.7 Å². The summed E-state index contributed by atoms with van der Waals surface area (Å²) in [5, 5.41) is 9.88. The highest BCUT2D eigenvalue weighted by molar-refractivity contribution is 7.90. The van der Waals surface area contributed by atoms with Gasteiger partial charge in [0.05, 0.1) is 15.9 Å². The first-order valence-electron chi connectivity index (χ1n) is 9.56. The summed E-state index contributed by atoms with van der Waals surface area (Å²) in [5.74, 6) is 0.909. The number of H-pyrrole nitrogens is 1. The lowest BCUT2D eigenvalue weighted by Crippen LogP contribution is -1.98. The number of aliphatic hydroxyl groups excluding tert-OH is 1. The summed E-state index contributed by atoms with van der Waals surface area (Å²) in [4.78, 5) is 8.35. The summed E-state index contributed by atoms with van der Waals surface area (Å²) in [6.07, 6.45) is 2.68. The predicted octanol–water partition coefficient (Wildman–Crippen LogP) is 4.95. The summed E-state index contributed by atoms with van der Waals surface area (Å²) < 4.78 is 23.2. The maximum absolute atomic E-state index is 11.6. The van der Waals surface area contributed by atoms with Crippen molar-refractivity contribution in [3.05, 3.63) is 90.3 Å². The Balaban J connectivity index is 1.55. The maximum Gasteiger partial charge on any atom is 0.175 e. The molecule has 0 atom stereocenters. The number of aromatic nitrogens is 2. The van der Waals surface area contributed by atoms with Crippen LogP contribution in [-0.2, 0) is 22.7 Å². The number of sulfone groups is 1. The number of rotatable bonds is 6. The van der Waals surface area contributed by atoms with E-state index in [2.05, 4.69) is 16.5 Å². The van der Waals surface area contributed by atoms with E-state index >= 15 is 0 Å². The lowest BCUT2D eigenvalue weighted by Gasteiger charge is -2.08. The molecule has 0 aliphatic heterocycles. The Morgan fingerprint density at radius 3 is 2.47 bits per heavy atom. The first-order chi connectivity index (χ1) is 14.3. The molecule has 0 saturated carbocycles. The van der Waals surface area contributed by atoms with Crippen LogP contribution in [0.1, 0.15) is 17.0 Å². The molecule has 5 nitrogen and oxygen atoms in total. The Hall–Kier alpha value is -3.38. The molecule has 0 fully saturated rings. The zero-order chi connectivity index (χ0) is 21.3. The monoisotopic (exact) mass is 418 g/mol. The van der Waals surface area contributed by atoms with Gasteiger partial charge in [0.15, 0.2) is 9.84 Å². The summed E-state index contributed by atoms with van der Waals surface area (Å²) in [6.45, 7) is 3.65. The van der Waals surface area contributed by atoms with E-state index in [1.165, 1.54) is 6.26 Å². The van der Waals surface area contributed by atoms with Crippen molar-refractivity contribution in [1.82, 2.24) is 9.97 Å². The van der Waals surface area contributed by atoms with Crippen LogP contribution in [0.25, 0.3) is 27.9 Å². The minimum Gasteiger partial charge on any atom is -0.508 e. The molecule has 0 radical (unpaired) electrons. The molecule has 4 rings (SSSR count). The van der Waals surface area contributed by atoms with Crippen LogP contribution < -0.4 is 0 Å². The average Bonchev–Trinajstić information content (AvgIpc) is 3.14. The Kier molecular flexibility index (Phi) is 5.18. The third-order valence-corrected chi connectivity index (χ3v) is 6.21. The Bertz CT molecular complexity index is 1340. The lowest BCUT2D eigenvalue weighted by molar-refractivity contribution is 0.514. The van der Waals surface area contributed by atoms with E-state index < -0.39 is 9.84 Å². The molecule has 4 aromatic rings. The van der Waals surface area contributed by atoms with E-state index in [1.807, 2.05) is 54.6 Å². The van der Waals surface area contributed by atoms with Gasteiger partial charge in [-0.1, -0.05) is 49.0 Å². The van der Waals surface area contributed by atoms with Gasteiger partial charge in [0.2, 0.25) is 0 Å². The highest BCUT2D eigenvalue weighted by atomic mass is 32.2. The molecule has 0 spiro atoms. The van der Waals surface area contributed by atoms with Gasteiger partial charge in [0.25, 0.3) is 0 Å². The van der Waals surface area contributed by atoms with Gasteiger partial charge in [-0.3, -0.25) is 0 Å². The number of aryl methyl sites for hydroxylation is 2. The summed E-state index contributed by atoms with van der Waals surface area (Å²) in [6, 6.07) is 20.5. The van der Waals surface area contributed by atoms with Gasteiger partial charge in [-0.05, 0) is 47.4 Å². The van der Waals surface area contributed by atoms with E-state index in [1.54, 1.807) is 12.1 Å². The molecule has 3 aromatic carbocycles. The second-order valence-corrected chi connectivity index (χ2v) is 9.34. The fourth-order valence-corrected chi connectivity index (χ4v) is 4.13. The highest BCUT2D eigenvalue weighted by Gasteiger charge is 2.10. The van der Waals surface area contributed by atoms with Crippen molar-refractivity contribution in [2.45, 2.75) is 17.7 Å². The molecular weight excluding hydrogens is 396 g/mol. The van der Waals surface area contributed by atoms with E-state index in [0.29, 0.717) is 16.9 Å². The van der Waals surface area contributed by atoms with Crippen molar-refractivity contribution in [3.63, 3.8) is 0 Å². The fourth-order valence-electron chi connectivity index (χ4n) is 3.50. The zero-order valence-corrected chi connectivity index (χ0v) is 17.4. The Morgan fingerprint density at radius 1 is 1.03 bits per heavy atom. The molecule has 0 unspecified atom stereocenters. The van der Waals surface area contributed by atoms with Crippen LogP contribution in [0.4, 0.5) is 0 Å².